The molecule has 0 radical (unpaired) electrons. The van der Waals surface area contributed by atoms with Crippen molar-refractivity contribution in [1.29, 1.82) is 0 Å². The van der Waals surface area contributed by atoms with E-state index in [1.54, 1.807) is 18.2 Å². The largest absolute Gasteiger partial charge is 0.320 e. The van der Waals surface area contributed by atoms with Crippen molar-refractivity contribution in [2.75, 3.05) is 0 Å². The maximum atomic E-state index is 13.2. The summed E-state index contributed by atoms with van der Waals surface area (Å²) in [5.41, 5.74) is 4.17. The van der Waals surface area contributed by atoms with Crippen LogP contribution in [0.1, 0.15) is 57.6 Å². The van der Waals surface area contributed by atoms with Crippen LogP contribution in [0.25, 0.3) is 22.5 Å². The van der Waals surface area contributed by atoms with Crippen LogP contribution in [-0.4, -0.2) is 47.0 Å². The van der Waals surface area contributed by atoms with Crippen LogP contribution >= 0.6 is 11.6 Å². The highest BCUT2D eigenvalue weighted by atomic mass is 35.5. The number of aldehydes is 1. The minimum absolute atomic E-state index is 0.159. The second-order valence-electron chi connectivity index (χ2n) is 9.62. The second-order valence-corrected chi connectivity index (χ2v) is 9.97. The summed E-state index contributed by atoms with van der Waals surface area (Å²) in [5, 5.41) is 22.3. The van der Waals surface area contributed by atoms with Crippen LogP contribution in [-0.2, 0) is 24.4 Å². The minimum atomic E-state index is -0.920. The van der Waals surface area contributed by atoms with Gasteiger partial charge in [-0.3, -0.25) is 9.59 Å². The molecule has 218 valence electrons. The van der Waals surface area contributed by atoms with E-state index in [-0.39, 0.29) is 23.1 Å². The zero-order valence-corrected chi connectivity index (χ0v) is 23.8. The molecule has 0 bridgehead atoms. The molecule has 0 spiro atoms. The van der Waals surface area contributed by atoms with Gasteiger partial charge in [0, 0.05) is 24.1 Å². The van der Waals surface area contributed by atoms with Gasteiger partial charge in [0.05, 0.1) is 0 Å². The van der Waals surface area contributed by atoms with Crippen LogP contribution in [0, 0.1) is 10.1 Å². The van der Waals surface area contributed by atoms with Crippen molar-refractivity contribution in [2.45, 2.75) is 39.3 Å². The molecule has 0 amide bonds. The SMILES string of the molecule is CCCCc1nc(Cl)c(C=O)n1Cc1ccc(-c2ccccc2-c2nnn(C(=O)c3ccccc3CO[N+](=O)[O-])n2)cc1. The van der Waals surface area contributed by atoms with Gasteiger partial charge in [0.2, 0.25) is 5.82 Å². The molecule has 2 aromatic heterocycles. The normalized spacial score (nSPS) is 10.9. The van der Waals surface area contributed by atoms with Crippen molar-refractivity contribution in [3.8, 4) is 22.5 Å². The highest BCUT2D eigenvalue weighted by molar-refractivity contribution is 6.31. The van der Waals surface area contributed by atoms with E-state index >= 15 is 0 Å². The Bertz CT molecular complexity index is 1780. The van der Waals surface area contributed by atoms with Gasteiger partial charge in [0.1, 0.15) is 18.1 Å². The van der Waals surface area contributed by atoms with Crippen molar-refractivity contribution in [3.63, 3.8) is 0 Å². The first kappa shape index (κ1) is 29.3. The van der Waals surface area contributed by atoms with E-state index in [9.17, 15) is 19.7 Å². The number of tetrazole rings is 1. The van der Waals surface area contributed by atoms with Gasteiger partial charge in [-0.25, -0.2) is 4.98 Å². The summed E-state index contributed by atoms with van der Waals surface area (Å²) in [7, 11) is 0. The third-order valence-corrected chi connectivity index (χ3v) is 7.13. The Kier molecular flexibility index (Phi) is 8.96. The smallest absolute Gasteiger partial charge is 0.297 e. The van der Waals surface area contributed by atoms with E-state index in [1.165, 1.54) is 6.07 Å². The molecule has 5 aromatic rings. The number of aryl methyl sites for hydroxylation is 1. The van der Waals surface area contributed by atoms with Gasteiger partial charge in [-0.15, -0.1) is 20.3 Å². The van der Waals surface area contributed by atoms with Crippen LogP contribution in [0.3, 0.4) is 0 Å². The summed E-state index contributed by atoms with van der Waals surface area (Å²) in [6.07, 6.45) is 3.40. The van der Waals surface area contributed by atoms with Gasteiger partial charge in [0.25, 0.3) is 11.0 Å². The fourth-order valence-electron chi connectivity index (χ4n) is 4.69. The average Bonchev–Trinajstić information content (AvgIpc) is 3.63. The Morgan fingerprint density at radius 1 is 1.05 bits per heavy atom. The molecule has 0 aliphatic rings. The van der Waals surface area contributed by atoms with E-state index in [0.717, 1.165) is 52.9 Å². The average molecular weight is 600 g/mol. The number of imidazole rings is 1. The number of nitrogens with zero attached hydrogens (tertiary/aromatic N) is 7. The lowest BCUT2D eigenvalue weighted by molar-refractivity contribution is -0.763. The summed E-state index contributed by atoms with van der Waals surface area (Å²) < 4.78 is 1.86. The molecular weight excluding hydrogens is 574 g/mol. The molecule has 0 fully saturated rings. The number of halogens is 1. The van der Waals surface area contributed by atoms with E-state index in [4.69, 9.17) is 11.6 Å². The zero-order chi connectivity index (χ0) is 30.3. The topological polar surface area (TPSA) is 148 Å². The highest BCUT2D eigenvalue weighted by Crippen LogP contribution is 2.30. The molecule has 3 aromatic carbocycles. The predicted molar refractivity (Wildman–Crippen MR) is 157 cm³/mol. The van der Waals surface area contributed by atoms with Crippen LogP contribution in [0.5, 0.6) is 0 Å². The molecule has 0 saturated heterocycles. The lowest BCUT2D eigenvalue weighted by Gasteiger charge is -2.11. The van der Waals surface area contributed by atoms with Gasteiger partial charge < -0.3 is 9.40 Å². The third-order valence-electron chi connectivity index (χ3n) is 6.85. The Hall–Kier alpha value is -5.23. The van der Waals surface area contributed by atoms with E-state index in [2.05, 4.69) is 32.2 Å². The van der Waals surface area contributed by atoms with Crippen LogP contribution in [0.15, 0.2) is 72.8 Å². The quantitative estimate of drug-likeness (QED) is 0.104. The number of unbranched alkanes of at least 4 members (excludes halogenated alkanes) is 1. The molecule has 0 aliphatic heterocycles. The van der Waals surface area contributed by atoms with Gasteiger partial charge in [-0.2, -0.15) is 0 Å². The number of benzene rings is 3. The molecule has 5 rings (SSSR count). The van der Waals surface area contributed by atoms with Crippen molar-refractivity contribution in [1.82, 2.24) is 29.8 Å². The summed E-state index contributed by atoms with van der Waals surface area (Å²) in [6, 6.07) is 21.7. The first-order valence-electron chi connectivity index (χ1n) is 13.5. The number of carbonyl (C=O) groups is 2. The fourth-order valence-corrected chi connectivity index (χ4v) is 4.94. The summed E-state index contributed by atoms with van der Waals surface area (Å²) >= 11 is 6.23. The van der Waals surface area contributed by atoms with Crippen molar-refractivity contribution >= 4 is 23.8 Å². The van der Waals surface area contributed by atoms with Gasteiger partial charge >= 0.3 is 0 Å². The number of hydrogen-bond acceptors (Lipinski definition) is 9. The molecule has 0 atom stereocenters. The lowest BCUT2D eigenvalue weighted by atomic mass is 9.98. The maximum absolute atomic E-state index is 13.2. The van der Waals surface area contributed by atoms with Crippen LogP contribution in [0.2, 0.25) is 5.15 Å². The van der Waals surface area contributed by atoms with E-state index < -0.39 is 11.0 Å². The minimum Gasteiger partial charge on any atom is -0.320 e. The fraction of sp³-hybridized carbons (Fsp3) is 0.200. The Labute approximate surface area is 251 Å². The van der Waals surface area contributed by atoms with Gasteiger partial charge in [-0.1, -0.05) is 96.5 Å². The Balaban J connectivity index is 1.39. The van der Waals surface area contributed by atoms with Crippen LogP contribution < -0.4 is 0 Å². The number of rotatable bonds is 12. The monoisotopic (exact) mass is 599 g/mol. The molecule has 2 heterocycles. The highest BCUT2D eigenvalue weighted by Gasteiger charge is 2.20. The van der Waals surface area contributed by atoms with Crippen LogP contribution in [0.4, 0.5) is 0 Å². The molecule has 12 nitrogen and oxygen atoms in total. The van der Waals surface area contributed by atoms with Crippen molar-refractivity contribution in [3.05, 3.63) is 116 Å². The van der Waals surface area contributed by atoms with Crippen molar-refractivity contribution in [2.24, 2.45) is 0 Å². The third kappa shape index (κ3) is 6.49. The first-order valence-corrected chi connectivity index (χ1v) is 13.9. The zero-order valence-electron chi connectivity index (χ0n) is 23.1. The Morgan fingerprint density at radius 3 is 2.49 bits per heavy atom. The molecule has 0 aliphatic carbocycles. The first-order chi connectivity index (χ1) is 20.9. The van der Waals surface area contributed by atoms with Gasteiger partial charge in [0.15, 0.2) is 11.4 Å². The van der Waals surface area contributed by atoms with Gasteiger partial charge in [-0.05, 0) is 40.0 Å². The predicted octanol–water partition coefficient (Wildman–Crippen LogP) is 5.46. The second kappa shape index (κ2) is 13.2. The maximum Gasteiger partial charge on any atom is 0.297 e. The number of aromatic nitrogens is 6. The van der Waals surface area contributed by atoms with E-state index in [0.29, 0.717) is 23.4 Å². The van der Waals surface area contributed by atoms with E-state index in [1.807, 2.05) is 53.1 Å². The Morgan fingerprint density at radius 2 is 1.77 bits per heavy atom. The number of carbonyl (C=O) groups excluding carboxylic acids is 2. The molecule has 0 unspecified atom stereocenters. The summed E-state index contributed by atoms with van der Waals surface area (Å²) in [4.78, 5) is 45.2. The molecule has 0 saturated carbocycles. The molecule has 43 heavy (non-hydrogen) atoms. The van der Waals surface area contributed by atoms with Crippen molar-refractivity contribution < 1.29 is 19.5 Å². The molecular formula is C30H26ClN7O5. The molecule has 0 N–H and O–H groups in total. The summed E-state index contributed by atoms with van der Waals surface area (Å²) in [6.45, 7) is 2.15. The summed E-state index contributed by atoms with van der Waals surface area (Å²) in [5.74, 6) is 0.409. The molecule has 13 heteroatoms. The number of hydrogen-bond donors (Lipinski definition) is 0. The lowest BCUT2D eigenvalue weighted by Crippen LogP contribution is -2.18. The standard InChI is InChI=1S/C30H26ClN7O5/c1-2-3-12-27-32-28(31)26(18-39)36(27)17-20-13-15-21(16-14-20)23-9-6-7-11-25(23)29-33-35-37(34-29)30(40)24-10-5-4-8-22(24)19-43-38(41)42/h4-11,13-16,18H,2-3,12,17,19H2,1H3.